The lowest BCUT2D eigenvalue weighted by molar-refractivity contribution is 0.666. The molecule has 2 nitrogen and oxygen atoms in total. The second kappa shape index (κ2) is 9.15. The number of nitrogens with zero attached hydrogens (tertiary/aromatic N) is 2. The van der Waals surface area contributed by atoms with Gasteiger partial charge in [-0.15, -0.1) is 0 Å². The number of aromatic nitrogens is 1. The molecule has 0 N–H and O–H groups in total. The number of benzene rings is 6. The van der Waals surface area contributed by atoms with Crippen LogP contribution >= 0.6 is 0 Å². The highest BCUT2D eigenvalue weighted by Crippen LogP contribution is 2.55. The quantitative estimate of drug-likeness (QED) is 0.207. The van der Waals surface area contributed by atoms with E-state index in [2.05, 4.69) is 159 Å². The van der Waals surface area contributed by atoms with Crippen LogP contribution in [0.4, 0.5) is 17.1 Å². The Bertz CT molecular complexity index is 2180. The summed E-state index contributed by atoms with van der Waals surface area (Å²) in [4.78, 5) is 6.75. The molecule has 6 aromatic carbocycles. The summed E-state index contributed by atoms with van der Waals surface area (Å²) < 4.78 is 0. The lowest BCUT2D eigenvalue weighted by Gasteiger charge is -2.28. The molecule has 0 amide bonds. The summed E-state index contributed by atoms with van der Waals surface area (Å²) in [7, 11) is 0. The highest BCUT2D eigenvalue weighted by Gasteiger charge is 2.39. The van der Waals surface area contributed by atoms with Gasteiger partial charge in [0.1, 0.15) is 0 Å². The van der Waals surface area contributed by atoms with E-state index in [1.807, 2.05) is 12.4 Å². The largest absolute Gasteiger partial charge is 0.310 e. The predicted octanol–water partition coefficient (Wildman–Crippen LogP) is 11.5. The molecule has 0 spiro atoms. The summed E-state index contributed by atoms with van der Waals surface area (Å²) in [5.41, 5.74) is 14.1. The van der Waals surface area contributed by atoms with Crippen LogP contribution in [0.15, 0.2) is 134 Å². The molecular weight excluding hydrogens is 544 g/mol. The Morgan fingerprint density at radius 3 is 1.40 bits per heavy atom. The molecule has 7 aromatic rings. The minimum absolute atomic E-state index is 0.0861. The maximum Gasteiger partial charge on any atom is 0.0492 e. The number of fused-ring (bicyclic) bond motifs is 10. The van der Waals surface area contributed by atoms with E-state index in [0.29, 0.717) is 0 Å². The Labute approximate surface area is 264 Å². The van der Waals surface area contributed by atoms with Crippen molar-refractivity contribution in [3.8, 4) is 22.3 Å². The van der Waals surface area contributed by atoms with Gasteiger partial charge in [-0.2, -0.15) is 0 Å². The third kappa shape index (κ3) is 3.60. The molecule has 0 saturated heterocycles. The molecule has 0 fully saturated rings. The minimum atomic E-state index is -0.0861. The molecule has 2 heteroatoms. The molecule has 0 unspecified atom stereocenters. The van der Waals surface area contributed by atoms with Gasteiger partial charge < -0.3 is 4.90 Å². The fourth-order valence-corrected chi connectivity index (χ4v) is 8.43. The van der Waals surface area contributed by atoms with Gasteiger partial charge in [0.05, 0.1) is 0 Å². The van der Waals surface area contributed by atoms with Gasteiger partial charge in [0.25, 0.3) is 0 Å². The Hall–Kier alpha value is -5.21. The fourth-order valence-electron chi connectivity index (χ4n) is 8.43. The summed E-state index contributed by atoms with van der Waals surface area (Å²) in [6, 6.07) is 45.1. The highest BCUT2D eigenvalue weighted by molar-refractivity contribution is 6.00. The van der Waals surface area contributed by atoms with Crippen molar-refractivity contribution in [3.63, 3.8) is 0 Å². The normalized spacial score (nSPS) is 15.0. The number of anilines is 3. The molecule has 9 rings (SSSR count). The topological polar surface area (TPSA) is 16.1 Å². The van der Waals surface area contributed by atoms with Crippen molar-refractivity contribution in [2.75, 3.05) is 4.90 Å². The van der Waals surface area contributed by atoms with E-state index in [4.69, 9.17) is 0 Å². The van der Waals surface area contributed by atoms with Crippen LogP contribution in [0.25, 0.3) is 43.8 Å². The first-order valence-electron chi connectivity index (χ1n) is 15.9. The summed E-state index contributed by atoms with van der Waals surface area (Å²) in [5, 5.41) is 5.28. The smallest absolute Gasteiger partial charge is 0.0492 e. The van der Waals surface area contributed by atoms with Gasteiger partial charge in [0.15, 0.2) is 0 Å². The van der Waals surface area contributed by atoms with Crippen molar-refractivity contribution < 1.29 is 0 Å². The van der Waals surface area contributed by atoms with Crippen LogP contribution in [0.1, 0.15) is 49.9 Å². The van der Waals surface area contributed by atoms with Crippen molar-refractivity contribution in [2.45, 2.75) is 38.5 Å². The lowest BCUT2D eigenvalue weighted by atomic mass is 9.80. The van der Waals surface area contributed by atoms with Crippen LogP contribution in [0.3, 0.4) is 0 Å². The van der Waals surface area contributed by atoms with E-state index in [1.165, 1.54) is 66.1 Å². The van der Waals surface area contributed by atoms with Crippen molar-refractivity contribution in [3.05, 3.63) is 156 Å². The van der Waals surface area contributed by atoms with Gasteiger partial charge in [-0.05, 0) is 102 Å². The average molecular weight is 579 g/mol. The molecule has 2 aliphatic carbocycles. The highest BCUT2D eigenvalue weighted by atomic mass is 15.1. The molecule has 0 saturated carbocycles. The van der Waals surface area contributed by atoms with E-state index in [-0.39, 0.29) is 10.8 Å². The van der Waals surface area contributed by atoms with Crippen molar-refractivity contribution in [1.29, 1.82) is 0 Å². The molecule has 0 aliphatic heterocycles. The Morgan fingerprint density at radius 1 is 0.444 bits per heavy atom. The lowest BCUT2D eigenvalue weighted by Crippen LogP contribution is -2.16. The third-order valence-corrected chi connectivity index (χ3v) is 10.5. The molecule has 45 heavy (non-hydrogen) atoms. The first-order valence-corrected chi connectivity index (χ1v) is 15.9. The van der Waals surface area contributed by atoms with E-state index in [9.17, 15) is 0 Å². The second-order valence-electron chi connectivity index (χ2n) is 13.7. The maximum absolute atomic E-state index is 4.36. The third-order valence-electron chi connectivity index (χ3n) is 10.5. The Kier molecular flexibility index (Phi) is 5.33. The van der Waals surface area contributed by atoms with Crippen LogP contribution in [-0.2, 0) is 10.8 Å². The van der Waals surface area contributed by atoms with Crippen LogP contribution in [-0.4, -0.2) is 4.98 Å². The molecule has 1 heterocycles. The van der Waals surface area contributed by atoms with Gasteiger partial charge in [0.2, 0.25) is 0 Å². The number of rotatable bonds is 3. The van der Waals surface area contributed by atoms with E-state index in [0.717, 1.165) is 17.1 Å². The van der Waals surface area contributed by atoms with Gasteiger partial charge in [-0.3, -0.25) is 4.98 Å². The zero-order valence-electron chi connectivity index (χ0n) is 26.1. The van der Waals surface area contributed by atoms with Crippen LogP contribution in [0.5, 0.6) is 0 Å². The molecule has 0 atom stereocenters. The monoisotopic (exact) mass is 578 g/mol. The zero-order chi connectivity index (χ0) is 30.5. The molecule has 216 valence electrons. The first kappa shape index (κ1) is 26.2. The van der Waals surface area contributed by atoms with E-state index in [1.54, 1.807) is 0 Å². The van der Waals surface area contributed by atoms with Crippen LogP contribution in [0, 0.1) is 0 Å². The van der Waals surface area contributed by atoms with E-state index >= 15 is 0 Å². The van der Waals surface area contributed by atoms with Gasteiger partial charge in [-0.25, -0.2) is 0 Å². The van der Waals surface area contributed by atoms with Crippen LogP contribution in [0.2, 0.25) is 0 Å². The molecule has 2 aliphatic rings. The summed E-state index contributed by atoms with van der Waals surface area (Å²) in [6.07, 6.45) is 3.77. The second-order valence-corrected chi connectivity index (χ2v) is 13.7. The summed E-state index contributed by atoms with van der Waals surface area (Å²) in [6.45, 7) is 9.48. The van der Waals surface area contributed by atoms with Crippen LogP contribution < -0.4 is 4.90 Å². The standard InChI is InChI=1S/C43H34N2/c1-42(2)38-19-15-30(25-36(38)34-17-13-27-9-5-7-11-32(27)40(34)42)45(29-21-23-44-24-22-29)31-16-20-39-37(26-31)35-18-14-28-10-6-8-12-33(28)41(35)43(39,3)4/h5-26H,1-4H3. The van der Waals surface area contributed by atoms with Crippen molar-refractivity contribution >= 4 is 38.6 Å². The van der Waals surface area contributed by atoms with Crippen molar-refractivity contribution in [2.24, 2.45) is 0 Å². The SMILES string of the molecule is CC1(C)c2ccc(N(c3ccncc3)c3ccc4c(c3)-c3ccc5ccccc5c3C4(C)C)cc2-c2ccc3ccccc3c21. The van der Waals surface area contributed by atoms with Gasteiger partial charge >= 0.3 is 0 Å². The fraction of sp³-hybridized carbons (Fsp3) is 0.140. The molecular formula is C43H34N2. The van der Waals surface area contributed by atoms with E-state index < -0.39 is 0 Å². The number of pyridine rings is 1. The van der Waals surface area contributed by atoms with Gasteiger partial charge in [-0.1, -0.05) is 113 Å². The maximum atomic E-state index is 4.36. The zero-order valence-corrected chi connectivity index (χ0v) is 26.1. The summed E-state index contributed by atoms with van der Waals surface area (Å²) >= 11 is 0. The number of hydrogen-bond donors (Lipinski definition) is 0. The first-order chi connectivity index (χ1) is 21.8. The molecule has 0 bridgehead atoms. The van der Waals surface area contributed by atoms with Crippen molar-refractivity contribution in [1.82, 2.24) is 4.98 Å². The molecule has 0 radical (unpaired) electrons. The number of hydrogen-bond acceptors (Lipinski definition) is 2. The summed E-state index contributed by atoms with van der Waals surface area (Å²) in [5.74, 6) is 0. The minimum Gasteiger partial charge on any atom is -0.310 e. The predicted molar refractivity (Wildman–Crippen MR) is 189 cm³/mol. The Morgan fingerprint density at radius 2 is 0.911 bits per heavy atom. The Balaban J connectivity index is 1.25. The average Bonchev–Trinajstić information content (AvgIpc) is 3.44. The molecule has 1 aromatic heterocycles. The van der Waals surface area contributed by atoms with Gasteiger partial charge in [0, 0.05) is 40.3 Å².